The zero-order chi connectivity index (χ0) is 11.0. The molecule has 0 atom stereocenters. The van der Waals surface area contributed by atoms with Crippen molar-refractivity contribution in [3.8, 4) is 0 Å². The maximum atomic E-state index is 8.63. The second-order valence-corrected chi connectivity index (χ2v) is 4.58. The van der Waals surface area contributed by atoms with Gasteiger partial charge in [-0.2, -0.15) is 0 Å². The highest BCUT2D eigenvalue weighted by Gasteiger charge is 2.32. The fraction of sp³-hybridized carbons (Fsp3) is 1.00. The highest BCUT2D eigenvalue weighted by Crippen LogP contribution is 2.32. The minimum absolute atomic E-state index is 0.0109. The Kier molecular flexibility index (Phi) is 6.22. The van der Waals surface area contributed by atoms with Crippen LogP contribution in [0.15, 0.2) is 0 Å². The summed E-state index contributed by atoms with van der Waals surface area (Å²) in [6.45, 7) is 1.82. The molecule has 0 aromatic heterocycles. The number of hydrogen-bond acceptors (Lipinski definition) is 3. The first kappa shape index (κ1) is 12.9. The van der Waals surface area contributed by atoms with Gasteiger partial charge in [-0.3, -0.25) is 0 Å². The average molecular weight is 215 g/mol. The smallest absolute Gasteiger partial charge is 0.0804 e. The summed E-state index contributed by atoms with van der Waals surface area (Å²) in [7, 11) is 0. The number of hydrogen-bond donors (Lipinski definition) is 2. The van der Waals surface area contributed by atoms with Crippen molar-refractivity contribution in [3.05, 3.63) is 0 Å². The van der Waals surface area contributed by atoms with Gasteiger partial charge >= 0.3 is 0 Å². The van der Waals surface area contributed by atoms with Crippen LogP contribution in [0.1, 0.15) is 51.4 Å². The van der Waals surface area contributed by atoms with Gasteiger partial charge in [-0.05, 0) is 25.7 Å². The fourth-order valence-corrected chi connectivity index (χ4v) is 2.28. The van der Waals surface area contributed by atoms with Crippen LogP contribution in [-0.4, -0.2) is 30.5 Å². The van der Waals surface area contributed by atoms with Crippen molar-refractivity contribution >= 4 is 0 Å². The summed E-state index contributed by atoms with van der Waals surface area (Å²) in [5.74, 6) is 0. The van der Waals surface area contributed by atoms with Gasteiger partial charge in [0.05, 0.1) is 5.60 Å². The topological polar surface area (TPSA) is 55.5 Å². The molecule has 0 amide bonds. The van der Waals surface area contributed by atoms with E-state index in [1.54, 1.807) is 0 Å². The number of aliphatic hydroxyl groups is 1. The highest BCUT2D eigenvalue weighted by atomic mass is 16.5. The van der Waals surface area contributed by atoms with Crippen molar-refractivity contribution in [1.82, 2.24) is 0 Å². The van der Waals surface area contributed by atoms with Crippen LogP contribution in [-0.2, 0) is 4.74 Å². The molecule has 1 saturated carbocycles. The van der Waals surface area contributed by atoms with E-state index in [1.807, 2.05) is 0 Å². The minimum Gasteiger partial charge on any atom is -0.396 e. The summed E-state index contributed by atoms with van der Waals surface area (Å²) in [6.07, 6.45) is 9.09. The molecule has 0 unspecified atom stereocenters. The second-order valence-electron chi connectivity index (χ2n) is 4.58. The molecule has 0 spiro atoms. The quantitative estimate of drug-likeness (QED) is 0.607. The molecule has 1 aliphatic carbocycles. The Balaban J connectivity index is 2.02. The molecule has 15 heavy (non-hydrogen) atoms. The predicted molar refractivity (Wildman–Crippen MR) is 61.8 cm³/mol. The molecule has 90 valence electrons. The molecular weight excluding hydrogens is 190 g/mol. The maximum absolute atomic E-state index is 8.63. The lowest BCUT2D eigenvalue weighted by Crippen LogP contribution is -2.38. The van der Waals surface area contributed by atoms with Crippen molar-refractivity contribution in [2.75, 3.05) is 19.8 Å². The molecule has 3 nitrogen and oxygen atoms in total. The summed E-state index contributed by atoms with van der Waals surface area (Å²) in [6, 6.07) is 0. The monoisotopic (exact) mass is 215 g/mol. The summed E-state index contributed by atoms with van der Waals surface area (Å²) in [5, 5.41) is 8.63. The minimum atomic E-state index is 0.0109. The van der Waals surface area contributed by atoms with E-state index in [0.717, 1.165) is 45.1 Å². The van der Waals surface area contributed by atoms with Crippen LogP contribution in [0, 0.1) is 0 Å². The SMILES string of the molecule is NCC1(OCCCCCCO)CCCC1. The third-order valence-corrected chi connectivity index (χ3v) is 3.35. The number of unbranched alkanes of at least 4 members (excludes halogenated alkanes) is 3. The van der Waals surface area contributed by atoms with E-state index in [-0.39, 0.29) is 5.60 Å². The molecule has 1 fully saturated rings. The van der Waals surface area contributed by atoms with Gasteiger partial charge in [0.15, 0.2) is 0 Å². The van der Waals surface area contributed by atoms with Gasteiger partial charge in [0.1, 0.15) is 0 Å². The third kappa shape index (κ3) is 4.49. The van der Waals surface area contributed by atoms with Crippen molar-refractivity contribution in [2.45, 2.75) is 57.0 Å². The molecule has 0 aromatic rings. The van der Waals surface area contributed by atoms with Crippen LogP contribution >= 0.6 is 0 Å². The maximum Gasteiger partial charge on any atom is 0.0804 e. The Bertz CT molecular complexity index is 156. The molecule has 3 heteroatoms. The Hall–Kier alpha value is -0.120. The molecule has 1 aliphatic rings. The number of rotatable bonds is 8. The van der Waals surface area contributed by atoms with Gasteiger partial charge in [-0.15, -0.1) is 0 Å². The van der Waals surface area contributed by atoms with Gasteiger partial charge in [0.2, 0.25) is 0 Å². The zero-order valence-electron chi connectivity index (χ0n) is 9.71. The fourth-order valence-electron chi connectivity index (χ4n) is 2.28. The molecule has 1 rings (SSSR count). The van der Waals surface area contributed by atoms with Crippen LogP contribution in [0.5, 0.6) is 0 Å². The van der Waals surface area contributed by atoms with E-state index in [4.69, 9.17) is 15.6 Å². The third-order valence-electron chi connectivity index (χ3n) is 3.35. The van der Waals surface area contributed by atoms with Crippen molar-refractivity contribution in [2.24, 2.45) is 5.73 Å². The largest absolute Gasteiger partial charge is 0.396 e. The molecular formula is C12H25NO2. The van der Waals surface area contributed by atoms with E-state index in [9.17, 15) is 0 Å². The highest BCUT2D eigenvalue weighted by molar-refractivity contribution is 4.87. The van der Waals surface area contributed by atoms with E-state index < -0.39 is 0 Å². The van der Waals surface area contributed by atoms with Gasteiger partial charge < -0.3 is 15.6 Å². The van der Waals surface area contributed by atoms with Gasteiger partial charge in [-0.1, -0.05) is 25.7 Å². The Morgan fingerprint density at radius 1 is 1.07 bits per heavy atom. The molecule has 0 radical (unpaired) electrons. The standard InChI is InChI=1S/C12H25NO2/c13-11-12(7-3-4-8-12)15-10-6-2-1-5-9-14/h14H,1-11,13H2. The first-order valence-electron chi connectivity index (χ1n) is 6.28. The molecule has 0 aliphatic heterocycles. The van der Waals surface area contributed by atoms with Crippen LogP contribution in [0.4, 0.5) is 0 Å². The normalized spacial score (nSPS) is 19.6. The Morgan fingerprint density at radius 3 is 2.33 bits per heavy atom. The Labute approximate surface area is 93.0 Å². The van der Waals surface area contributed by atoms with Crippen molar-refractivity contribution < 1.29 is 9.84 Å². The summed E-state index contributed by atoms with van der Waals surface area (Å²) in [5.41, 5.74) is 5.78. The van der Waals surface area contributed by atoms with Gasteiger partial charge in [-0.25, -0.2) is 0 Å². The molecule has 3 N–H and O–H groups in total. The lowest BCUT2D eigenvalue weighted by molar-refractivity contribution is -0.0351. The van der Waals surface area contributed by atoms with Gasteiger partial charge in [0, 0.05) is 19.8 Å². The number of nitrogens with two attached hydrogens (primary N) is 1. The van der Waals surface area contributed by atoms with E-state index >= 15 is 0 Å². The molecule has 0 heterocycles. The lowest BCUT2D eigenvalue weighted by atomic mass is 10.0. The number of aliphatic hydroxyl groups excluding tert-OH is 1. The molecule has 0 saturated heterocycles. The summed E-state index contributed by atoms with van der Waals surface area (Å²) >= 11 is 0. The van der Waals surface area contributed by atoms with Gasteiger partial charge in [0.25, 0.3) is 0 Å². The first-order chi connectivity index (χ1) is 7.33. The van der Waals surface area contributed by atoms with Crippen LogP contribution in [0.3, 0.4) is 0 Å². The van der Waals surface area contributed by atoms with E-state index in [0.29, 0.717) is 13.2 Å². The van der Waals surface area contributed by atoms with Crippen LogP contribution in [0.25, 0.3) is 0 Å². The van der Waals surface area contributed by atoms with E-state index in [1.165, 1.54) is 12.8 Å². The molecule has 0 aromatic carbocycles. The average Bonchev–Trinajstić information content (AvgIpc) is 2.73. The van der Waals surface area contributed by atoms with Crippen LogP contribution < -0.4 is 5.73 Å². The lowest BCUT2D eigenvalue weighted by Gasteiger charge is -2.27. The van der Waals surface area contributed by atoms with Crippen molar-refractivity contribution in [1.29, 1.82) is 0 Å². The Morgan fingerprint density at radius 2 is 1.73 bits per heavy atom. The second kappa shape index (κ2) is 7.20. The van der Waals surface area contributed by atoms with Crippen LogP contribution in [0.2, 0.25) is 0 Å². The summed E-state index contributed by atoms with van der Waals surface area (Å²) < 4.78 is 5.93. The van der Waals surface area contributed by atoms with Crippen molar-refractivity contribution in [3.63, 3.8) is 0 Å². The summed E-state index contributed by atoms with van der Waals surface area (Å²) in [4.78, 5) is 0. The predicted octanol–water partition coefficient (Wildman–Crippen LogP) is 1.83. The first-order valence-corrected chi connectivity index (χ1v) is 6.28. The van der Waals surface area contributed by atoms with E-state index in [2.05, 4.69) is 0 Å². The molecule has 0 bridgehead atoms. The zero-order valence-corrected chi connectivity index (χ0v) is 9.71. The number of ether oxygens (including phenoxy) is 1.